The molecule has 1 aliphatic rings. The lowest BCUT2D eigenvalue weighted by Gasteiger charge is -2.02. The largest absolute Gasteiger partial charge is 0.417 e. The number of nitrogens with one attached hydrogen (secondary N) is 1. The Balaban J connectivity index is 1.59. The van der Waals surface area contributed by atoms with Gasteiger partial charge in [-0.3, -0.25) is 4.79 Å². The molecule has 1 aromatic carbocycles. The van der Waals surface area contributed by atoms with E-state index in [1.807, 2.05) is 0 Å². The van der Waals surface area contributed by atoms with Gasteiger partial charge in [0.05, 0.1) is 12.5 Å². The Kier molecular flexibility index (Phi) is 3.92. The van der Waals surface area contributed by atoms with E-state index in [4.69, 9.17) is 9.15 Å². The number of rotatable bonds is 4. The number of nitrogens with zero attached hydrogens (tertiary/aromatic N) is 2. The van der Waals surface area contributed by atoms with Crippen LogP contribution in [0.25, 0.3) is 0 Å². The standard InChI is InChI=1S/C14H14FN3O3/c15-11-3-1-9(2-4-11)7-16-12(19)14-18-17-13(21-14)10-5-6-20-8-10/h1-4,10H,5-8H2,(H,16,19). The molecule has 1 aromatic heterocycles. The van der Waals surface area contributed by atoms with Gasteiger partial charge < -0.3 is 14.5 Å². The number of hydrogen-bond donors (Lipinski definition) is 1. The Morgan fingerprint density at radius 1 is 1.33 bits per heavy atom. The van der Waals surface area contributed by atoms with Gasteiger partial charge in [-0.25, -0.2) is 4.39 Å². The fourth-order valence-corrected chi connectivity index (χ4v) is 2.08. The number of benzene rings is 1. The Hall–Kier alpha value is -2.28. The van der Waals surface area contributed by atoms with Crippen molar-refractivity contribution in [3.63, 3.8) is 0 Å². The van der Waals surface area contributed by atoms with Gasteiger partial charge in [0.15, 0.2) is 0 Å². The first-order valence-electron chi connectivity index (χ1n) is 6.66. The second-order valence-electron chi connectivity index (χ2n) is 4.82. The van der Waals surface area contributed by atoms with Crippen molar-refractivity contribution in [1.82, 2.24) is 15.5 Å². The third-order valence-electron chi connectivity index (χ3n) is 3.28. The van der Waals surface area contributed by atoms with E-state index in [0.717, 1.165) is 12.0 Å². The van der Waals surface area contributed by atoms with E-state index in [-0.39, 0.29) is 24.2 Å². The molecule has 1 atom stereocenters. The summed E-state index contributed by atoms with van der Waals surface area (Å²) >= 11 is 0. The number of ether oxygens (including phenoxy) is 1. The van der Waals surface area contributed by atoms with Gasteiger partial charge >= 0.3 is 11.8 Å². The summed E-state index contributed by atoms with van der Waals surface area (Å²) in [5.74, 6) is -0.336. The van der Waals surface area contributed by atoms with E-state index in [1.165, 1.54) is 12.1 Å². The van der Waals surface area contributed by atoms with Gasteiger partial charge in [0.1, 0.15) is 5.82 Å². The summed E-state index contributed by atoms with van der Waals surface area (Å²) in [6.07, 6.45) is 0.818. The molecule has 1 saturated heterocycles. The average molecular weight is 291 g/mol. The summed E-state index contributed by atoms with van der Waals surface area (Å²) in [4.78, 5) is 11.9. The Morgan fingerprint density at radius 3 is 2.86 bits per heavy atom. The van der Waals surface area contributed by atoms with Crippen LogP contribution in [-0.2, 0) is 11.3 Å². The van der Waals surface area contributed by atoms with Crippen LogP contribution in [0.5, 0.6) is 0 Å². The highest BCUT2D eigenvalue weighted by atomic mass is 19.1. The third kappa shape index (κ3) is 3.25. The molecule has 1 aliphatic heterocycles. The minimum atomic E-state index is -0.447. The molecule has 0 bridgehead atoms. The molecule has 1 N–H and O–H groups in total. The van der Waals surface area contributed by atoms with Gasteiger partial charge in [0, 0.05) is 13.2 Å². The smallest absolute Gasteiger partial charge is 0.309 e. The topological polar surface area (TPSA) is 77.2 Å². The second-order valence-corrected chi connectivity index (χ2v) is 4.82. The van der Waals surface area contributed by atoms with E-state index in [2.05, 4.69) is 15.5 Å². The lowest BCUT2D eigenvalue weighted by molar-refractivity contribution is 0.0913. The first-order chi connectivity index (χ1) is 10.2. The summed E-state index contributed by atoms with van der Waals surface area (Å²) in [6, 6.07) is 5.88. The highest BCUT2D eigenvalue weighted by molar-refractivity contribution is 5.89. The number of carbonyl (C=O) groups excluding carboxylic acids is 1. The van der Waals surface area contributed by atoms with Crippen LogP contribution in [-0.4, -0.2) is 29.3 Å². The predicted molar refractivity (Wildman–Crippen MR) is 70.0 cm³/mol. The monoisotopic (exact) mass is 291 g/mol. The van der Waals surface area contributed by atoms with E-state index in [0.29, 0.717) is 19.1 Å². The Labute approximate surface area is 120 Å². The Bertz CT molecular complexity index is 621. The molecule has 0 aliphatic carbocycles. The highest BCUT2D eigenvalue weighted by Gasteiger charge is 2.25. The maximum absolute atomic E-state index is 12.8. The van der Waals surface area contributed by atoms with Crippen LogP contribution in [0.2, 0.25) is 0 Å². The molecule has 2 heterocycles. The summed E-state index contributed by atoms with van der Waals surface area (Å²) < 4.78 is 23.4. The number of carbonyl (C=O) groups is 1. The molecule has 1 unspecified atom stereocenters. The zero-order chi connectivity index (χ0) is 14.7. The van der Waals surface area contributed by atoms with E-state index < -0.39 is 5.91 Å². The molecule has 110 valence electrons. The van der Waals surface area contributed by atoms with Crippen LogP contribution >= 0.6 is 0 Å². The summed E-state index contributed by atoms with van der Waals surface area (Å²) in [5.41, 5.74) is 0.786. The quantitative estimate of drug-likeness (QED) is 0.926. The lowest BCUT2D eigenvalue weighted by atomic mass is 10.1. The summed E-state index contributed by atoms with van der Waals surface area (Å²) in [5, 5.41) is 10.3. The number of amides is 1. The SMILES string of the molecule is O=C(NCc1ccc(F)cc1)c1nnc(C2CCOC2)o1. The zero-order valence-corrected chi connectivity index (χ0v) is 11.2. The van der Waals surface area contributed by atoms with Crippen LogP contribution < -0.4 is 5.32 Å². The first kappa shape index (κ1) is 13.7. The van der Waals surface area contributed by atoms with Gasteiger partial charge in [-0.15, -0.1) is 10.2 Å². The fourth-order valence-electron chi connectivity index (χ4n) is 2.08. The summed E-state index contributed by atoms with van der Waals surface area (Å²) in [7, 11) is 0. The number of aromatic nitrogens is 2. The molecule has 7 heteroatoms. The van der Waals surface area contributed by atoms with Crippen molar-refractivity contribution in [3.8, 4) is 0 Å². The lowest BCUT2D eigenvalue weighted by Crippen LogP contribution is -2.23. The van der Waals surface area contributed by atoms with Crippen molar-refractivity contribution in [2.75, 3.05) is 13.2 Å². The first-order valence-corrected chi connectivity index (χ1v) is 6.66. The van der Waals surface area contributed by atoms with E-state index >= 15 is 0 Å². The number of halogens is 1. The predicted octanol–water partition coefficient (Wildman–Crippen LogP) is 1.64. The Morgan fingerprint density at radius 2 is 2.14 bits per heavy atom. The van der Waals surface area contributed by atoms with Crippen LogP contribution in [0.4, 0.5) is 4.39 Å². The van der Waals surface area contributed by atoms with Gasteiger partial charge in [-0.05, 0) is 24.1 Å². The third-order valence-corrected chi connectivity index (χ3v) is 3.28. The average Bonchev–Trinajstić information content (AvgIpc) is 3.17. The van der Waals surface area contributed by atoms with Crippen molar-refractivity contribution in [2.24, 2.45) is 0 Å². The molecule has 6 nitrogen and oxygen atoms in total. The normalized spacial score (nSPS) is 17.9. The van der Waals surface area contributed by atoms with Crippen LogP contribution in [0.1, 0.15) is 34.5 Å². The number of hydrogen-bond acceptors (Lipinski definition) is 5. The molecule has 2 aromatic rings. The molecule has 21 heavy (non-hydrogen) atoms. The van der Waals surface area contributed by atoms with Crippen LogP contribution in [0.3, 0.4) is 0 Å². The van der Waals surface area contributed by atoms with Gasteiger partial charge in [0.2, 0.25) is 5.89 Å². The van der Waals surface area contributed by atoms with Gasteiger partial charge in [0.25, 0.3) is 0 Å². The molecule has 1 fully saturated rings. The second kappa shape index (κ2) is 6.01. The van der Waals surface area contributed by atoms with Crippen molar-refractivity contribution in [1.29, 1.82) is 0 Å². The van der Waals surface area contributed by atoms with E-state index in [1.54, 1.807) is 12.1 Å². The fraction of sp³-hybridized carbons (Fsp3) is 0.357. The maximum Gasteiger partial charge on any atom is 0.309 e. The van der Waals surface area contributed by atoms with Crippen LogP contribution in [0.15, 0.2) is 28.7 Å². The minimum absolute atomic E-state index is 0.0659. The van der Waals surface area contributed by atoms with Crippen molar-refractivity contribution in [3.05, 3.63) is 47.4 Å². The van der Waals surface area contributed by atoms with Crippen molar-refractivity contribution < 1.29 is 18.3 Å². The molecule has 1 amide bonds. The van der Waals surface area contributed by atoms with E-state index in [9.17, 15) is 9.18 Å². The molecular formula is C14H14FN3O3. The van der Waals surface area contributed by atoms with Crippen molar-refractivity contribution >= 4 is 5.91 Å². The van der Waals surface area contributed by atoms with Crippen molar-refractivity contribution in [2.45, 2.75) is 18.9 Å². The molecular weight excluding hydrogens is 277 g/mol. The van der Waals surface area contributed by atoms with Gasteiger partial charge in [-0.2, -0.15) is 0 Å². The molecule has 3 rings (SSSR count). The zero-order valence-electron chi connectivity index (χ0n) is 11.2. The molecule has 0 radical (unpaired) electrons. The summed E-state index contributed by atoms with van der Waals surface area (Å²) in [6.45, 7) is 1.47. The minimum Gasteiger partial charge on any atom is -0.417 e. The molecule has 0 saturated carbocycles. The van der Waals surface area contributed by atoms with Crippen LogP contribution in [0, 0.1) is 5.82 Å². The highest BCUT2D eigenvalue weighted by Crippen LogP contribution is 2.23. The molecule has 0 spiro atoms. The maximum atomic E-state index is 12.8. The van der Waals surface area contributed by atoms with Gasteiger partial charge in [-0.1, -0.05) is 12.1 Å².